The first-order valence-electron chi connectivity index (χ1n) is 6.51. The Kier molecular flexibility index (Phi) is 3.67. The minimum absolute atomic E-state index is 0.472. The Labute approximate surface area is 104 Å². The van der Waals surface area contributed by atoms with Gasteiger partial charge in [-0.2, -0.15) is 0 Å². The molecule has 0 radical (unpaired) electrons. The maximum absolute atomic E-state index is 5.68. The Bertz CT molecular complexity index is 373. The van der Waals surface area contributed by atoms with Crippen LogP contribution in [-0.4, -0.2) is 18.1 Å². The van der Waals surface area contributed by atoms with E-state index in [9.17, 15) is 0 Å². The fourth-order valence-electron chi connectivity index (χ4n) is 2.41. The Morgan fingerprint density at radius 3 is 2.94 bits per heavy atom. The van der Waals surface area contributed by atoms with Gasteiger partial charge in [0.05, 0.1) is 0 Å². The predicted octanol–water partition coefficient (Wildman–Crippen LogP) is 2.56. The summed E-state index contributed by atoms with van der Waals surface area (Å²) in [6.07, 6.45) is 5.66. The molecule has 94 valence electrons. The monoisotopic (exact) mass is 233 g/mol. The molecule has 3 nitrogen and oxygen atoms in total. The van der Waals surface area contributed by atoms with Crippen LogP contribution in [0.15, 0.2) is 18.3 Å². The Morgan fingerprint density at radius 1 is 1.35 bits per heavy atom. The van der Waals surface area contributed by atoms with Crippen LogP contribution in [0.2, 0.25) is 0 Å². The van der Waals surface area contributed by atoms with Crippen molar-refractivity contribution in [2.45, 2.75) is 39.7 Å². The summed E-state index contributed by atoms with van der Waals surface area (Å²) in [6.45, 7) is 7.54. The van der Waals surface area contributed by atoms with Gasteiger partial charge in [0.25, 0.3) is 0 Å². The molecule has 1 aliphatic rings. The van der Waals surface area contributed by atoms with E-state index >= 15 is 0 Å². The second-order valence-electron chi connectivity index (χ2n) is 5.73. The highest BCUT2D eigenvalue weighted by Gasteiger charge is 2.23. The van der Waals surface area contributed by atoms with Crippen LogP contribution in [-0.2, 0) is 6.54 Å². The lowest BCUT2D eigenvalue weighted by atomic mass is 9.85. The van der Waals surface area contributed by atoms with E-state index in [1.54, 1.807) is 0 Å². The molecular formula is C14H23N3. The third-order valence-corrected chi connectivity index (χ3v) is 3.71. The first-order valence-corrected chi connectivity index (χ1v) is 6.51. The van der Waals surface area contributed by atoms with Crippen molar-refractivity contribution in [3.63, 3.8) is 0 Å². The van der Waals surface area contributed by atoms with E-state index in [1.165, 1.54) is 24.8 Å². The summed E-state index contributed by atoms with van der Waals surface area (Å²) in [6, 6.07) is 4.11. The van der Waals surface area contributed by atoms with Crippen molar-refractivity contribution in [1.82, 2.24) is 4.98 Å². The molecular weight excluding hydrogens is 210 g/mol. The van der Waals surface area contributed by atoms with Crippen molar-refractivity contribution in [3.8, 4) is 0 Å². The zero-order valence-electron chi connectivity index (χ0n) is 10.9. The average Bonchev–Trinajstić information content (AvgIpc) is 2.50. The molecule has 2 heterocycles. The molecule has 3 heteroatoms. The zero-order chi connectivity index (χ0) is 12.3. The number of hydrogen-bond donors (Lipinski definition) is 1. The third kappa shape index (κ3) is 3.19. The smallest absolute Gasteiger partial charge is 0.128 e. The molecule has 0 atom stereocenters. The number of hydrogen-bond acceptors (Lipinski definition) is 3. The molecule has 0 aromatic carbocycles. The Hall–Kier alpha value is -1.09. The fourth-order valence-corrected chi connectivity index (χ4v) is 2.41. The minimum atomic E-state index is 0.472. The van der Waals surface area contributed by atoms with Crippen molar-refractivity contribution in [1.29, 1.82) is 0 Å². The predicted molar refractivity (Wildman–Crippen MR) is 72.0 cm³/mol. The largest absolute Gasteiger partial charge is 0.357 e. The number of pyridine rings is 1. The van der Waals surface area contributed by atoms with Gasteiger partial charge in [-0.3, -0.25) is 0 Å². The van der Waals surface area contributed by atoms with Gasteiger partial charge in [0.1, 0.15) is 5.82 Å². The van der Waals surface area contributed by atoms with Crippen molar-refractivity contribution < 1.29 is 0 Å². The van der Waals surface area contributed by atoms with Gasteiger partial charge in [-0.05, 0) is 42.4 Å². The molecule has 0 saturated carbocycles. The van der Waals surface area contributed by atoms with Crippen LogP contribution in [0, 0.1) is 5.41 Å². The van der Waals surface area contributed by atoms with Gasteiger partial charge in [-0.15, -0.1) is 0 Å². The molecule has 1 aliphatic heterocycles. The van der Waals surface area contributed by atoms with Crippen LogP contribution in [0.4, 0.5) is 5.82 Å². The number of nitrogens with two attached hydrogens (primary N) is 1. The molecule has 0 bridgehead atoms. The molecule has 0 aliphatic carbocycles. The molecule has 0 amide bonds. The third-order valence-electron chi connectivity index (χ3n) is 3.71. The molecule has 1 fully saturated rings. The average molecular weight is 233 g/mol. The lowest BCUT2D eigenvalue weighted by Crippen LogP contribution is -2.26. The Morgan fingerprint density at radius 2 is 2.18 bits per heavy atom. The summed E-state index contributed by atoms with van der Waals surface area (Å²) in [5, 5.41) is 0. The summed E-state index contributed by atoms with van der Waals surface area (Å²) >= 11 is 0. The van der Waals surface area contributed by atoms with E-state index in [0.29, 0.717) is 12.0 Å². The molecule has 0 unspecified atom stereocenters. The van der Waals surface area contributed by atoms with Gasteiger partial charge >= 0.3 is 0 Å². The zero-order valence-corrected chi connectivity index (χ0v) is 10.9. The maximum atomic E-state index is 5.68. The SMILES string of the molecule is CC1(C)CCCN(c2cc(CN)ccn2)CC1. The molecule has 1 aromatic heterocycles. The quantitative estimate of drug-likeness (QED) is 0.853. The normalized spacial score (nSPS) is 20.1. The first-order chi connectivity index (χ1) is 8.11. The van der Waals surface area contributed by atoms with E-state index in [0.717, 1.165) is 18.9 Å². The lowest BCUT2D eigenvalue weighted by Gasteiger charge is -2.24. The van der Waals surface area contributed by atoms with Gasteiger partial charge in [0.15, 0.2) is 0 Å². The van der Waals surface area contributed by atoms with Crippen LogP contribution >= 0.6 is 0 Å². The van der Waals surface area contributed by atoms with Crippen molar-refractivity contribution in [2.24, 2.45) is 11.1 Å². The molecule has 2 rings (SSSR count). The summed E-state index contributed by atoms with van der Waals surface area (Å²) in [5.74, 6) is 1.09. The van der Waals surface area contributed by atoms with Gasteiger partial charge in [-0.25, -0.2) is 4.98 Å². The standard InChI is InChI=1S/C14H23N3/c1-14(2)5-3-8-17(9-6-14)13-10-12(11-15)4-7-16-13/h4,7,10H,3,5-6,8-9,11,15H2,1-2H3. The second-order valence-corrected chi connectivity index (χ2v) is 5.73. The van der Waals surface area contributed by atoms with Crippen LogP contribution in [0.5, 0.6) is 0 Å². The highest BCUT2D eigenvalue weighted by Crippen LogP contribution is 2.31. The van der Waals surface area contributed by atoms with Crippen LogP contribution in [0.1, 0.15) is 38.7 Å². The first kappa shape index (κ1) is 12.4. The van der Waals surface area contributed by atoms with Crippen LogP contribution in [0.25, 0.3) is 0 Å². The number of aromatic nitrogens is 1. The molecule has 1 aromatic rings. The molecule has 17 heavy (non-hydrogen) atoms. The van der Waals surface area contributed by atoms with Gasteiger partial charge in [0.2, 0.25) is 0 Å². The van der Waals surface area contributed by atoms with Crippen molar-refractivity contribution >= 4 is 5.82 Å². The second kappa shape index (κ2) is 5.05. The van der Waals surface area contributed by atoms with Gasteiger partial charge < -0.3 is 10.6 Å². The van der Waals surface area contributed by atoms with E-state index in [2.05, 4.69) is 29.8 Å². The van der Waals surface area contributed by atoms with E-state index in [1.807, 2.05) is 12.3 Å². The summed E-state index contributed by atoms with van der Waals surface area (Å²) in [7, 11) is 0. The minimum Gasteiger partial charge on any atom is -0.357 e. The van der Waals surface area contributed by atoms with Gasteiger partial charge in [-0.1, -0.05) is 13.8 Å². The van der Waals surface area contributed by atoms with E-state index in [-0.39, 0.29) is 0 Å². The van der Waals surface area contributed by atoms with Crippen molar-refractivity contribution in [2.75, 3.05) is 18.0 Å². The molecule has 0 spiro atoms. The number of nitrogens with zero attached hydrogens (tertiary/aromatic N) is 2. The summed E-state index contributed by atoms with van der Waals surface area (Å²) in [5.41, 5.74) is 7.31. The lowest BCUT2D eigenvalue weighted by molar-refractivity contribution is 0.325. The summed E-state index contributed by atoms with van der Waals surface area (Å²) < 4.78 is 0. The van der Waals surface area contributed by atoms with Crippen molar-refractivity contribution in [3.05, 3.63) is 23.9 Å². The van der Waals surface area contributed by atoms with E-state index < -0.39 is 0 Å². The number of rotatable bonds is 2. The summed E-state index contributed by atoms with van der Waals surface area (Å²) in [4.78, 5) is 6.87. The van der Waals surface area contributed by atoms with Gasteiger partial charge in [0, 0.05) is 25.8 Å². The van der Waals surface area contributed by atoms with E-state index in [4.69, 9.17) is 5.73 Å². The highest BCUT2D eigenvalue weighted by atomic mass is 15.2. The molecule has 2 N–H and O–H groups in total. The maximum Gasteiger partial charge on any atom is 0.128 e. The van der Waals surface area contributed by atoms with Crippen LogP contribution < -0.4 is 10.6 Å². The number of anilines is 1. The highest BCUT2D eigenvalue weighted by molar-refractivity contribution is 5.41. The Balaban J connectivity index is 2.11. The topological polar surface area (TPSA) is 42.1 Å². The fraction of sp³-hybridized carbons (Fsp3) is 0.643. The van der Waals surface area contributed by atoms with Crippen LogP contribution in [0.3, 0.4) is 0 Å². The molecule has 1 saturated heterocycles.